The summed E-state index contributed by atoms with van der Waals surface area (Å²) in [6.45, 7) is 3.71. The summed E-state index contributed by atoms with van der Waals surface area (Å²) in [5, 5.41) is 2.96. The Labute approximate surface area is 273 Å². The highest BCUT2D eigenvalue weighted by molar-refractivity contribution is 9.10. The summed E-state index contributed by atoms with van der Waals surface area (Å²) in [6.07, 6.45) is 1.84. The third kappa shape index (κ3) is 9.25. The van der Waals surface area contributed by atoms with E-state index in [1.165, 1.54) is 29.2 Å². The molecule has 0 saturated carbocycles. The van der Waals surface area contributed by atoms with Gasteiger partial charge in [0.1, 0.15) is 18.4 Å². The predicted octanol–water partition coefficient (Wildman–Crippen LogP) is 6.65. The number of benzene rings is 4. The Balaban J connectivity index is 1.78. The van der Waals surface area contributed by atoms with Gasteiger partial charge in [0.2, 0.25) is 11.8 Å². The number of rotatable bonds is 14. The molecule has 4 rings (SSSR count). The van der Waals surface area contributed by atoms with Gasteiger partial charge in [0.25, 0.3) is 10.0 Å². The van der Waals surface area contributed by atoms with Crippen molar-refractivity contribution in [3.05, 3.63) is 130 Å². The van der Waals surface area contributed by atoms with Crippen LogP contribution in [0.4, 0.5) is 10.1 Å². The van der Waals surface area contributed by atoms with Crippen molar-refractivity contribution in [1.29, 1.82) is 0 Å². The minimum atomic E-state index is -4.20. The van der Waals surface area contributed by atoms with Crippen LogP contribution in [-0.4, -0.2) is 44.3 Å². The van der Waals surface area contributed by atoms with Gasteiger partial charge < -0.3 is 10.2 Å². The summed E-state index contributed by atoms with van der Waals surface area (Å²) in [5.74, 6) is -1.36. The number of amides is 2. The van der Waals surface area contributed by atoms with Crippen molar-refractivity contribution in [3.8, 4) is 0 Å². The summed E-state index contributed by atoms with van der Waals surface area (Å²) in [6, 6.07) is 27.2. The number of hydrogen-bond acceptors (Lipinski definition) is 4. The molecule has 0 bridgehead atoms. The highest BCUT2D eigenvalue weighted by Gasteiger charge is 2.34. The van der Waals surface area contributed by atoms with E-state index in [-0.39, 0.29) is 29.5 Å². The van der Waals surface area contributed by atoms with Crippen LogP contribution in [-0.2, 0) is 32.6 Å². The van der Waals surface area contributed by atoms with Gasteiger partial charge in [0, 0.05) is 24.0 Å². The topological polar surface area (TPSA) is 86.8 Å². The quantitative estimate of drug-likeness (QED) is 0.150. The molecular formula is C35H37BrFN3O4S. The van der Waals surface area contributed by atoms with Gasteiger partial charge in [0.05, 0.1) is 10.6 Å². The molecule has 0 heterocycles. The number of carbonyl (C=O) groups is 2. The minimum Gasteiger partial charge on any atom is -0.354 e. The van der Waals surface area contributed by atoms with Crippen molar-refractivity contribution in [2.75, 3.05) is 17.4 Å². The number of nitrogens with zero attached hydrogens (tertiary/aromatic N) is 2. The number of halogens is 2. The molecule has 0 unspecified atom stereocenters. The zero-order valence-corrected chi connectivity index (χ0v) is 27.7. The molecule has 0 saturated heterocycles. The standard InChI is InChI=1S/C35H37BrFN3O4S/c1-3-4-21-38-35(42)33(22-27-9-6-5-7-10-27)39(24-28-15-17-30(37)18-16-28)34(41)25-40(31-12-8-11-29(36)23-31)45(43,44)32-19-13-26(2)14-20-32/h5-20,23,33H,3-4,21-22,24-25H2,1-2H3,(H,38,42)/t33-/m1/s1. The monoisotopic (exact) mass is 693 g/mol. The Bertz CT molecular complexity index is 1680. The Morgan fingerprint density at radius 3 is 2.22 bits per heavy atom. The van der Waals surface area contributed by atoms with Gasteiger partial charge >= 0.3 is 0 Å². The summed E-state index contributed by atoms with van der Waals surface area (Å²) in [5.41, 5.74) is 2.61. The SMILES string of the molecule is CCCCNC(=O)[C@@H](Cc1ccccc1)N(Cc1ccc(F)cc1)C(=O)CN(c1cccc(Br)c1)S(=O)(=O)c1ccc(C)cc1. The number of nitrogens with one attached hydrogen (secondary N) is 1. The van der Waals surface area contributed by atoms with Gasteiger partial charge in [0.15, 0.2) is 0 Å². The van der Waals surface area contributed by atoms with Crippen LogP contribution in [0.1, 0.15) is 36.5 Å². The van der Waals surface area contributed by atoms with Crippen LogP contribution in [0.15, 0.2) is 112 Å². The van der Waals surface area contributed by atoms with Crippen LogP contribution < -0.4 is 9.62 Å². The molecule has 10 heteroatoms. The van der Waals surface area contributed by atoms with E-state index >= 15 is 0 Å². The first-order valence-electron chi connectivity index (χ1n) is 14.8. The number of sulfonamides is 1. The molecule has 0 aromatic heterocycles. The fourth-order valence-electron chi connectivity index (χ4n) is 4.84. The molecule has 0 aliphatic rings. The van der Waals surface area contributed by atoms with Crippen LogP contribution in [0.25, 0.3) is 0 Å². The molecule has 1 N–H and O–H groups in total. The molecule has 4 aromatic rings. The first-order chi connectivity index (χ1) is 21.6. The van der Waals surface area contributed by atoms with E-state index in [4.69, 9.17) is 0 Å². The van der Waals surface area contributed by atoms with Crippen molar-refractivity contribution in [3.63, 3.8) is 0 Å². The van der Waals surface area contributed by atoms with E-state index in [0.717, 1.165) is 28.3 Å². The molecule has 7 nitrogen and oxygen atoms in total. The number of aryl methyl sites for hydroxylation is 1. The maximum absolute atomic E-state index is 14.4. The van der Waals surface area contributed by atoms with Gasteiger partial charge in [-0.15, -0.1) is 0 Å². The van der Waals surface area contributed by atoms with Gasteiger partial charge in [-0.2, -0.15) is 0 Å². The van der Waals surface area contributed by atoms with E-state index in [2.05, 4.69) is 21.2 Å². The molecule has 0 spiro atoms. The fourth-order valence-corrected chi connectivity index (χ4v) is 6.64. The molecular weight excluding hydrogens is 657 g/mol. The highest BCUT2D eigenvalue weighted by atomic mass is 79.9. The third-order valence-electron chi connectivity index (χ3n) is 7.35. The lowest BCUT2D eigenvalue weighted by atomic mass is 10.0. The molecule has 1 atom stereocenters. The Morgan fingerprint density at radius 2 is 1.58 bits per heavy atom. The number of anilines is 1. The van der Waals surface area contributed by atoms with Crippen LogP contribution in [0.3, 0.4) is 0 Å². The summed E-state index contributed by atoms with van der Waals surface area (Å²) >= 11 is 3.42. The second-order valence-corrected chi connectivity index (χ2v) is 13.6. The summed E-state index contributed by atoms with van der Waals surface area (Å²) < 4.78 is 43.7. The third-order valence-corrected chi connectivity index (χ3v) is 9.63. The minimum absolute atomic E-state index is 0.0316. The normalized spacial score (nSPS) is 11.9. The Hall–Kier alpha value is -4.02. The van der Waals surface area contributed by atoms with Crippen molar-refractivity contribution < 1.29 is 22.4 Å². The van der Waals surface area contributed by atoms with E-state index in [0.29, 0.717) is 16.6 Å². The molecule has 45 heavy (non-hydrogen) atoms. The van der Waals surface area contributed by atoms with Crippen LogP contribution in [0.5, 0.6) is 0 Å². The van der Waals surface area contributed by atoms with Gasteiger partial charge in [-0.05, 0) is 66.9 Å². The predicted molar refractivity (Wildman–Crippen MR) is 179 cm³/mol. The van der Waals surface area contributed by atoms with Crippen LogP contribution >= 0.6 is 15.9 Å². The maximum atomic E-state index is 14.4. The molecule has 0 radical (unpaired) electrons. The molecule has 236 valence electrons. The lowest BCUT2D eigenvalue weighted by molar-refractivity contribution is -0.140. The first-order valence-corrected chi connectivity index (χ1v) is 17.0. The molecule has 0 aliphatic carbocycles. The molecule has 2 amide bonds. The van der Waals surface area contributed by atoms with Gasteiger partial charge in [-0.3, -0.25) is 13.9 Å². The molecule has 4 aromatic carbocycles. The average Bonchev–Trinajstić information content (AvgIpc) is 3.03. The zero-order chi connectivity index (χ0) is 32.4. The molecule has 0 aliphatic heterocycles. The second-order valence-electron chi connectivity index (χ2n) is 10.8. The van der Waals surface area contributed by atoms with Crippen molar-refractivity contribution in [2.24, 2.45) is 0 Å². The van der Waals surface area contributed by atoms with E-state index in [1.807, 2.05) is 44.2 Å². The number of unbranched alkanes of at least 4 members (excludes halogenated alkanes) is 1. The van der Waals surface area contributed by atoms with E-state index in [1.54, 1.807) is 48.5 Å². The lowest BCUT2D eigenvalue weighted by Crippen LogP contribution is -2.53. The van der Waals surface area contributed by atoms with Crippen molar-refractivity contribution in [2.45, 2.75) is 50.6 Å². The Kier molecular flexibility index (Phi) is 11.9. The average molecular weight is 695 g/mol. The van der Waals surface area contributed by atoms with Crippen molar-refractivity contribution >= 4 is 43.5 Å². The van der Waals surface area contributed by atoms with Crippen LogP contribution in [0.2, 0.25) is 0 Å². The number of hydrogen-bond donors (Lipinski definition) is 1. The smallest absolute Gasteiger partial charge is 0.264 e. The van der Waals surface area contributed by atoms with Crippen LogP contribution in [0, 0.1) is 12.7 Å². The lowest BCUT2D eigenvalue weighted by Gasteiger charge is -2.34. The highest BCUT2D eigenvalue weighted by Crippen LogP contribution is 2.27. The molecule has 0 fully saturated rings. The maximum Gasteiger partial charge on any atom is 0.264 e. The van der Waals surface area contributed by atoms with Gasteiger partial charge in [-0.25, -0.2) is 12.8 Å². The number of carbonyl (C=O) groups excluding carboxylic acids is 2. The van der Waals surface area contributed by atoms with Crippen molar-refractivity contribution in [1.82, 2.24) is 10.2 Å². The largest absolute Gasteiger partial charge is 0.354 e. The zero-order valence-electron chi connectivity index (χ0n) is 25.3. The van der Waals surface area contributed by atoms with Gasteiger partial charge in [-0.1, -0.05) is 95.5 Å². The first kappa shape index (κ1) is 33.9. The fraction of sp³-hybridized carbons (Fsp3) is 0.257. The van der Waals surface area contributed by atoms with E-state index in [9.17, 15) is 22.4 Å². The summed E-state index contributed by atoms with van der Waals surface area (Å²) in [7, 11) is -4.20. The Morgan fingerprint density at radius 1 is 0.889 bits per heavy atom. The summed E-state index contributed by atoms with van der Waals surface area (Å²) in [4.78, 5) is 29.6. The van der Waals surface area contributed by atoms with E-state index < -0.39 is 34.3 Å². The second kappa shape index (κ2) is 15.8.